The van der Waals surface area contributed by atoms with Gasteiger partial charge in [0.25, 0.3) is 0 Å². The van der Waals surface area contributed by atoms with E-state index in [2.05, 4.69) is 11.8 Å². The van der Waals surface area contributed by atoms with Crippen LogP contribution in [-0.2, 0) is 11.6 Å². The first-order valence-corrected chi connectivity index (χ1v) is 4.47. The SMILES string of the molecule is C#CC(C)(C#C)c1ccc(C(F)(F)F)cc1. The van der Waals surface area contributed by atoms with E-state index in [0.29, 0.717) is 5.56 Å². The van der Waals surface area contributed by atoms with Gasteiger partial charge in [-0.15, -0.1) is 12.8 Å². The van der Waals surface area contributed by atoms with E-state index < -0.39 is 17.2 Å². The van der Waals surface area contributed by atoms with Crippen molar-refractivity contribution in [1.82, 2.24) is 0 Å². The molecule has 0 atom stereocenters. The zero-order valence-electron chi connectivity index (χ0n) is 8.60. The second kappa shape index (κ2) is 3.94. The number of hydrogen-bond donors (Lipinski definition) is 0. The molecule has 0 amide bonds. The Kier molecular flexibility index (Phi) is 3.01. The molecule has 0 aromatic heterocycles. The van der Waals surface area contributed by atoms with Gasteiger partial charge in [0.15, 0.2) is 0 Å². The summed E-state index contributed by atoms with van der Waals surface area (Å²) in [6.45, 7) is 1.61. The van der Waals surface area contributed by atoms with Crippen LogP contribution in [0.25, 0.3) is 0 Å². The molecule has 1 aromatic carbocycles. The molecular formula is C13H9F3. The Hall–Kier alpha value is -1.87. The summed E-state index contributed by atoms with van der Waals surface area (Å²) >= 11 is 0. The molecule has 0 N–H and O–H groups in total. The van der Waals surface area contributed by atoms with Crippen LogP contribution in [0, 0.1) is 24.7 Å². The van der Waals surface area contributed by atoms with Crippen LogP contribution in [0.2, 0.25) is 0 Å². The number of terminal acetylenes is 2. The van der Waals surface area contributed by atoms with E-state index in [1.807, 2.05) is 0 Å². The lowest BCUT2D eigenvalue weighted by molar-refractivity contribution is -0.137. The lowest BCUT2D eigenvalue weighted by Crippen LogP contribution is -2.17. The van der Waals surface area contributed by atoms with Gasteiger partial charge in [-0.1, -0.05) is 24.0 Å². The van der Waals surface area contributed by atoms with E-state index in [-0.39, 0.29) is 0 Å². The summed E-state index contributed by atoms with van der Waals surface area (Å²) < 4.78 is 36.9. The molecule has 1 aromatic rings. The molecule has 0 unspecified atom stereocenters. The van der Waals surface area contributed by atoms with Crippen LogP contribution in [0.15, 0.2) is 24.3 Å². The number of alkyl halides is 3. The zero-order valence-corrected chi connectivity index (χ0v) is 8.60. The molecule has 0 bridgehead atoms. The monoisotopic (exact) mass is 222 g/mol. The molecule has 0 saturated carbocycles. The van der Waals surface area contributed by atoms with E-state index in [9.17, 15) is 13.2 Å². The Morgan fingerprint density at radius 1 is 0.938 bits per heavy atom. The first-order valence-electron chi connectivity index (χ1n) is 4.47. The molecule has 0 heterocycles. The summed E-state index contributed by atoms with van der Waals surface area (Å²) in [6, 6.07) is 4.57. The number of benzene rings is 1. The summed E-state index contributed by atoms with van der Waals surface area (Å²) in [6.07, 6.45) is 6.17. The minimum absolute atomic E-state index is 0.505. The van der Waals surface area contributed by atoms with Crippen LogP contribution in [-0.4, -0.2) is 0 Å². The van der Waals surface area contributed by atoms with E-state index in [1.54, 1.807) is 6.92 Å². The molecule has 0 saturated heterocycles. The summed E-state index contributed by atoms with van der Waals surface area (Å²) in [5.41, 5.74) is -1.18. The highest BCUT2D eigenvalue weighted by Crippen LogP contribution is 2.31. The van der Waals surface area contributed by atoms with E-state index in [0.717, 1.165) is 12.1 Å². The Balaban J connectivity index is 3.16. The highest BCUT2D eigenvalue weighted by molar-refractivity contribution is 5.43. The van der Waals surface area contributed by atoms with Crippen molar-refractivity contribution in [3.63, 3.8) is 0 Å². The molecule has 16 heavy (non-hydrogen) atoms. The molecule has 0 aliphatic rings. The molecule has 3 heteroatoms. The zero-order chi connectivity index (χ0) is 12.4. The maximum Gasteiger partial charge on any atom is 0.416 e. The maximum absolute atomic E-state index is 12.3. The lowest BCUT2D eigenvalue weighted by Gasteiger charge is -2.17. The molecule has 0 nitrogen and oxygen atoms in total. The van der Waals surface area contributed by atoms with Crippen molar-refractivity contribution in [3.8, 4) is 24.7 Å². The molecular weight excluding hydrogens is 213 g/mol. The van der Waals surface area contributed by atoms with Gasteiger partial charge in [-0.05, 0) is 24.6 Å². The average molecular weight is 222 g/mol. The Bertz CT molecular complexity index is 438. The van der Waals surface area contributed by atoms with Gasteiger partial charge in [0.2, 0.25) is 0 Å². The van der Waals surface area contributed by atoms with E-state index in [4.69, 9.17) is 12.8 Å². The third-order valence-electron chi connectivity index (χ3n) is 2.37. The number of hydrogen-bond acceptors (Lipinski definition) is 0. The van der Waals surface area contributed by atoms with Crippen LogP contribution < -0.4 is 0 Å². The number of rotatable bonds is 1. The Morgan fingerprint density at radius 3 is 1.62 bits per heavy atom. The smallest absolute Gasteiger partial charge is 0.166 e. The Morgan fingerprint density at radius 2 is 1.31 bits per heavy atom. The highest BCUT2D eigenvalue weighted by atomic mass is 19.4. The average Bonchev–Trinajstić information content (AvgIpc) is 2.27. The normalized spacial score (nSPS) is 11.6. The molecule has 0 fully saturated rings. The summed E-state index contributed by atoms with van der Waals surface area (Å²) in [7, 11) is 0. The van der Waals surface area contributed by atoms with Gasteiger partial charge in [-0.3, -0.25) is 0 Å². The minimum Gasteiger partial charge on any atom is -0.166 e. The molecule has 0 aliphatic carbocycles. The van der Waals surface area contributed by atoms with Crippen molar-refractivity contribution in [1.29, 1.82) is 0 Å². The second-order valence-corrected chi connectivity index (χ2v) is 3.49. The second-order valence-electron chi connectivity index (χ2n) is 3.49. The van der Waals surface area contributed by atoms with Gasteiger partial charge in [0.05, 0.1) is 5.56 Å². The molecule has 0 radical (unpaired) electrons. The van der Waals surface area contributed by atoms with Crippen molar-refractivity contribution in [3.05, 3.63) is 35.4 Å². The molecule has 82 valence electrons. The standard InChI is InChI=1S/C13H9F3/c1-4-12(3,5-2)10-6-8-11(9-7-10)13(14,15)16/h1-2,6-9H,3H3. The third kappa shape index (κ3) is 2.20. The van der Waals surface area contributed by atoms with Gasteiger partial charge in [-0.25, -0.2) is 0 Å². The Labute approximate surface area is 92.5 Å². The van der Waals surface area contributed by atoms with Gasteiger partial charge < -0.3 is 0 Å². The largest absolute Gasteiger partial charge is 0.416 e. The highest BCUT2D eigenvalue weighted by Gasteiger charge is 2.31. The van der Waals surface area contributed by atoms with Gasteiger partial charge in [0, 0.05) is 0 Å². The van der Waals surface area contributed by atoms with Gasteiger partial charge >= 0.3 is 6.18 Å². The van der Waals surface area contributed by atoms with Crippen LogP contribution in [0.5, 0.6) is 0 Å². The fourth-order valence-corrected chi connectivity index (χ4v) is 1.20. The molecule has 0 spiro atoms. The molecule has 0 aliphatic heterocycles. The first kappa shape index (κ1) is 12.2. The van der Waals surface area contributed by atoms with Crippen LogP contribution in [0.1, 0.15) is 18.1 Å². The van der Waals surface area contributed by atoms with Crippen LogP contribution in [0.4, 0.5) is 13.2 Å². The minimum atomic E-state index is -4.35. The van der Waals surface area contributed by atoms with Crippen LogP contribution >= 0.6 is 0 Å². The first-order chi connectivity index (χ1) is 7.33. The summed E-state index contributed by atoms with van der Waals surface area (Å²) in [5.74, 6) is 4.77. The summed E-state index contributed by atoms with van der Waals surface area (Å²) in [5, 5.41) is 0. The quantitative estimate of drug-likeness (QED) is 0.640. The lowest BCUT2D eigenvalue weighted by atomic mass is 9.84. The van der Waals surface area contributed by atoms with Crippen molar-refractivity contribution in [2.75, 3.05) is 0 Å². The third-order valence-corrected chi connectivity index (χ3v) is 2.37. The predicted octanol–water partition coefficient (Wildman–Crippen LogP) is 3.23. The fourth-order valence-electron chi connectivity index (χ4n) is 1.20. The summed E-state index contributed by atoms with van der Waals surface area (Å²) in [4.78, 5) is 0. The number of halogens is 3. The van der Waals surface area contributed by atoms with E-state index in [1.165, 1.54) is 12.1 Å². The fraction of sp³-hybridized carbons (Fsp3) is 0.231. The van der Waals surface area contributed by atoms with Crippen LogP contribution in [0.3, 0.4) is 0 Å². The van der Waals surface area contributed by atoms with Gasteiger partial charge in [0.1, 0.15) is 5.41 Å². The van der Waals surface area contributed by atoms with Crippen molar-refractivity contribution in [2.45, 2.75) is 18.5 Å². The predicted molar refractivity (Wildman–Crippen MR) is 56.5 cm³/mol. The van der Waals surface area contributed by atoms with Crippen molar-refractivity contribution < 1.29 is 13.2 Å². The maximum atomic E-state index is 12.3. The van der Waals surface area contributed by atoms with Crippen molar-refractivity contribution >= 4 is 0 Å². The topological polar surface area (TPSA) is 0 Å². The van der Waals surface area contributed by atoms with E-state index >= 15 is 0 Å². The van der Waals surface area contributed by atoms with Crippen molar-refractivity contribution in [2.24, 2.45) is 0 Å². The van der Waals surface area contributed by atoms with Gasteiger partial charge in [-0.2, -0.15) is 13.2 Å². The molecule has 1 rings (SSSR count).